The van der Waals surface area contributed by atoms with Crippen molar-refractivity contribution in [3.8, 4) is 5.75 Å². The molecule has 0 spiro atoms. The minimum atomic E-state index is -0.230. The fourth-order valence-electron chi connectivity index (χ4n) is 2.17. The second kappa shape index (κ2) is 5.54. The highest BCUT2D eigenvalue weighted by Crippen LogP contribution is 2.32. The number of benzene rings is 1. The molecular formula is C15H25NO. The van der Waals surface area contributed by atoms with Gasteiger partial charge in [0.15, 0.2) is 0 Å². The molecule has 0 aromatic heterocycles. The number of aromatic hydroxyl groups is 1. The highest BCUT2D eigenvalue weighted by Gasteiger charge is 2.26. The van der Waals surface area contributed by atoms with Crippen LogP contribution >= 0.6 is 0 Å². The van der Waals surface area contributed by atoms with Gasteiger partial charge in [-0.3, -0.25) is 0 Å². The van der Waals surface area contributed by atoms with Gasteiger partial charge < -0.3 is 10.8 Å². The van der Waals surface area contributed by atoms with Crippen LogP contribution in [0.1, 0.15) is 52.0 Å². The van der Waals surface area contributed by atoms with E-state index in [4.69, 9.17) is 5.73 Å². The SMILES string of the molecule is CC(C)CCC(c1ccc(O)cc1)C(C)(C)N. The third-order valence-corrected chi connectivity index (χ3v) is 3.23. The van der Waals surface area contributed by atoms with E-state index in [1.165, 1.54) is 12.0 Å². The zero-order valence-corrected chi connectivity index (χ0v) is 11.4. The average molecular weight is 235 g/mol. The van der Waals surface area contributed by atoms with Gasteiger partial charge in [0.1, 0.15) is 5.75 Å². The van der Waals surface area contributed by atoms with Crippen LogP contribution in [0.25, 0.3) is 0 Å². The number of hydrogen-bond donors (Lipinski definition) is 2. The van der Waals surface area contributed by atoms with Crippen molar-refractivity contribution in [1.82, 2.24) is 0 Å². The lowest BCUT2D eigenvalue weighted by molar-refractivity contribution is 0.363. The zero-order valence-electron chi connectivity index (χ0n) is 11.4. The molecular weight excluding hydrogens is 210 g/mol. The van der Waals surface area contributed by atoms with Gasteiger partial charge in [0.2, 0.25) is 0 Å². The maximum atomic E-state index is 9.33. The highest BCUT2D eigenvalue weighted by atomic mass is 16.3. The van der Waals surface area contributed by atoms with E-state index in [0.717, 1.165) is 6.42 Å². The molecule has 0 aliphatic carbocycles. The van der Waals surface area contributed by atoms with E-state index in [0.29, 0.717) is 17.6 Å². The summed E-state index contributed by atoms with van der Waals surface area (Å²) in [6.45, 7) is 8.62. The molecule has 0 saturated carbocycles. The first-order valence-electron chi connectivity index (χ1n) is 6.38. The Hall–Kier alpha value is -1.02. The molecule has 1 unspecified atom stereocenters. The third-order valence-electron chi connectivity index (χ3n) is 3.23. The van der Waals surface area contributed by atoms with Gasteiger partial charge in [0, 0.05) is 11.5 Å². The standard InChI is InChI=1S/C15H25NO/c1-11(2)5-10-14(15(3,4)16)12-6-8-13(17)9-7-12/h6-9,11,14,17H,5,10,16H2,1-4H3. The van der Waals surface area contributed by atoms with E-state index in [1.54, 1.807) is 12.1 Å². The van der Waals surface area contributed by atoms with Gasteiger partial charge in [-0.15, -0.1) is 0 Å². The molecule has 1 atom stereocenters. The van der Waals surface area contributed by atoms with Crippen molar-refractivity contribution in [2.24, 2.45) is 11.7 Å². The molecule has 3 N–H and O–H groups in total. The summed E-state index contributed by atoms with van der Waals surface area (Å²) < 4.78 is 0. The summed E-state index contributed by atoms with van der Waals surface area (Å²) in [5, 5.41) is 9.33. The molecule has 0 heterocycles. The zero-order chi connectivity index (χ0) is 13.1. The predicted molar refractivity (Wildman–Crippen MR) is 73.2 cm³/mol. The summed E-state index contributed by atoms with van der Waals surface area (Å²) in [6.07, 6.45) is 2.26. The molecule has 1 aromatic carbocycles. The van der Waals surface area contributed by atoms with E-state index >= 15 is 0 Å². The number of rotatable bonds is 5. The van der Waals surface area contributed by atoms with Crippen LogP contribution in [-0.2, 0) is 0 Å². The summed E-state index contributed by atoms with van der Waals surface area (Å²) in [5.41, 5.74) is 7.26. The topological polar surface area (TPSA) is 46.2 Å². The second-order valence-electron chi connectivity index (χ2n) is 5.94. The van der Waals surface area contributed by atoms with Crippen molar-refractivity contribution in [3.63, 3.8) is 0 Å². The van der Waals surface area contributed by atoms with Crippen molar-refractivity contribution >= 4 is 0 Å². The van der Waals surface area contributed by atoms with Crippen LogP contribution < -0.4 is 5.73 Å². The molecule has 96 valence electrons. The van der Waals surface area contributed by atoms with Gasteiger partial charge in [-0.1, -0.05) is 32.4 Å². The molecule has 0 fully saturated rings. The molecule has 1 aromatic rings. The molecule has 17 heavy (non-hydrogen) atoms. The molecule has 2 nitrogen and oxygen atoms in total. The molecule has 0 radical (unpaired) electrons. The minimum Gasteiger partial charge on any atom is -0.508 e. The summed E-state index contributed by atoms with van der Waals surface area (Å²) >= 11 is 0. The molecule has 0 aliphatic rings. The van der Waals surface area contributed by atoms with E-state index < -0.39 is 0 Å². The van der Waals surface area contributed by atoms with Crippen molar-refractivity contribution in [2.75, 3.05) is 0 Å². The van der Waals surface area contributed by atoms with Crippen LogP contribution in [0.5, 0.6) is 5.75 Å². The second-order valence-corrected chi connectivity index (χ2v) is 5.94. The Morgan fingerprint density at radius 3 is 2.06 bits per heavy atom. The Balaban J connectivity index is 2.86. The van der Waals surface area contributed by atoms with Crippen molar-refractivity contribution in [3.05, 3.63) is 29.8 Å². The largest absolute Gasteiger partial charge is 0.508 e. The molecule has 2 heteroatoms. The number of phenolic OH excluding ortho intramolecular Hbond substituents is 1. The lowest BCUT2D eigenvalue weighted by Gasteiger charge is -2.31. The molecule has 0 amide bonds. The van der Waals surface area contributed by atoms with Crippen LogP contribution in [0.2, 0.25) is 0 Å². The predicted octanol–water partition coefficient (Wildman–Crippen LogP) is 3.65. The molecule has 1 rings (SSSR count). The smallest absolute Gasteiger partial charge is 0.115 e. The maximum absolute atomic E-state index is 9.33. The Kier molecular flexibility index (Phi) is 4.58. The summed E-state index contributed by atoms with van der Waals surface area (Å²) in [4.78, 5) is 0. The van der Waals surface area contributed by atoms with Crippen molar-refractivity contribution in [2.45, 2.75) is 52.0 Å². The fourth-order valence-corrected chi connectivity index (χ4v) is 2.17. The molecule has 0 saturated heterocycles. The first kappa shape index (κ1) is 14.0. The van der Waals surface area contributed by atoms with Gasteiger partial charge in [0.25, 0.3) is 0 Å². The summed E-state index contributed by atoms with van der Waals surface area (Å²) in [6, 6.07) is 7.44. The number of hydrogen-bond acceptors (Lipinski definition) is 2. The maximum Gasteiger partial charge on any atom is 0.115 e. The monoisotopic (exact) mass is 235 g/mol. The normalized spacial score (nSPS) is 14.0. The van der Waals surface area contributed by atoms with Crippen LogP contribution in [-0.4, -0.2) is 10.6 Å². The van der Waals surface area contributed by atoms with Gasteiger partial charge in [-0.2, -0.15) is 0 Å². The summed E-state index contributed by atoms with van der Waals surface area (Å²) in [5.74, 6) is 1.34. The number of nitrogens with two attached hydrogens (primary N) is 1. The Bertz CT molecular complexity index is 335. The highest BCUT2D eigenvalue weighted by molar-refractivity contribution is 5.30. The van der Waals surface area contributed by atoms with Crippen LogP contribution in [0, 0.1) is 5.92 Å². The fraction of sp³-hybridized carbons (Fsp3) is 0.600. The Morgan fingerprint density at radius 2 is 1.65 bits per heavy atom. The van der Waals surface area contributed by atoms with Crippen LogP contribution in [0.3, 0.4) is 0 Å². The average Bonchev–Trinajstić information content (AvgIpc) is 2.18. The van der Waals surface area contributed by atoms with E-state index in [2.05, 4.69) is 27.7 Å². The molecule has 0 bridgehead atoms. The lowest BCUT2D eigenvalue weighted by Crippen LogP contribution is -2.39. The van der Waals surface area contributed by atoms with Crippen molar-refractivity contribution in [1.29, 1.82) is 0 Å². The van der Waals surface area contributed by atoms with E-state index in [9.17, 15) is 5.11 Å². The van der Waals surface area contributed by atoms with Gasteiger partial charge in [-0.05, 0) is 43.9 Å². The van der Waals surface area contributed by atoms with Crippen LogP contribution in [0.4, 0.5) is 0 Å². The van der Waals surface area contributed by atoms with E-state index in [1.807, 2.05) is 12.1 Å². The minimum absolute atomic E-state index is 0.230. The lowest BCUT2D eigenvalue weighted by atomic mass is 9.78. The first-order chi connectivity index (χ1) is 7.80. The first-order valence-corrected chi connectivity index (χ1v) is 6.38. The molecule has 0 aliphatic heterocycles. The third kappa shape index (κ3) is 4.39. The van der Waals surface area contributed by atoms with Crippen LogP contribution in [0.15, 0.2) is 24.3 Å². The van der Waals surface area contributed by atoms with Crippen molar-refractivity contribution < 1.29 is 5.11 Å². The van der Waals surface area contributed by atoms with Gasteiger partial charge in [0.05, 0.1) is 0 Å². The Morgan fingerprint density at radius 1 is 1.12 bits per heavy atom. The van der Waals surface area contributed by atoms with E-state index in [-0.39, 0.29) is 5.54 Å². The number of phenols is 1. The van der Waals surface area contributed by atoms with Gasteiger partial charge >= 0.3 is 0 Å². The Labute approximate surface area is 105 Å². The quantitative estimate of drug-likeness (QED) is 0.818. The summed E-state index contributed by atoms with van der Waals surface area (Å²) in [7, 11) is 0. The van der Waals surface area contributed by atoms with Gasteiger partial charge in [-0.25, -0.2) is 0 Å².